The lowest BCUT2D eigenvalue weighted by Gasteiger charge is -2.42. The highest BCUT2D eigenvalue weighted by Crippen LogP contribution is 2.63. The zero-order valence-corrected chi connectivity index (χ0v) is 14.1. The first-order valence-corrected chi connectivity index (χ1v) is 7.83. The smallest absolute Gasteiger partial charge is 0.219 e. The van der Waals surface area contributed by atoms with E-state index in [-0.39, 0.29) is 0 Å². The van der Waals surface area contributed by atoms with Gasteiger partial charge in [0.15, 0.2) is 0 Å². The quantitative estimate of drug-likeness (QED) is 0.388. The topological polar surface area (TPSA) is 0 Å². The predicted octanol–water partition coefficient (Wildman–Crippen LogP) is 7.63. The summed E-state index contributed by atoms with van der Waals surface area (Å²) < 4.78 is 167. The Bertz CT molecular complexity index is 410. The molecule has 0 bridgehead atoms. The van der Waals surface area contributed by atoms with Crippen LogP contribution >= 0.6 is 0 Å². The van der Waals surface area contributed by atoms with E-state index < -0.39 is 36.0 Å². The Morgan fingerprint density at radius 1 is 0.536 bits per heavy atom. The van der Waals surface area contributed by atoms with Gasteiger partial charge in [-0.1, -0.05) is 45.4 Å². The van der Waals surface area contributed by atoms with Crippen LogP contribution in [0, 0.1) is 5.92 Å². The molecule has 0 radical (unpaired) electrons. The zero-order chi connectivity index (χ0) is 22.8. The zero-order valence-electron chi connectivity index (χ0n) is 14.1. The van der Waals surface area contributed by atoms with E-state index in [9.17, 15) is 61.5 Å². The second-order valence-corrected chi connectivity index (χ2v) is 6.25. The average molecular weight is 450 g/mol. The van der Waals surface area contributed by atoms with E-state index in [1.807, 2.05) is 0 Å². The van der Waals surface area contributed by atoms with Crippen LogP contribution in [-0.4, -0.2) is 36.0 Å². The van der Waals surface area contributed by atoms with Crippen LogP contribution in [0.25, 0.3) is 0 Å². The molecule has 0 nitrogen and oxygen atoms in total. The molecule has 1 fully saturated rings. The lowest BCUT2D eigenvalue weighted by Crippen LogP contribution is -2.76. The summed E-state index contributed by atoms with van der Waals surface area (Å²) >= 11 is 0. The van der Waals surface area contributed by atoms with Gasteiger partial charge in [0.1, 0.15) is 0 Å². The van der Waals surface area contributed by atoms with Crippen molar-refractivity contribution in [2.45, 2.75) is 81.5 Å². The summed E-state index contributed by atoms with van der Waals surface area (Å²) in [6, 6.07) is 0. The maximum atomic E-state index is 12.8. The van der Waals surface area contributed by atoms with Crippen LogP contribution in [0.4, 0.5) is 61.5 Å². The van der Waals surface area contributed by atoms with E-state index in [1.165, 1.54) is 38.5 Å². The van der Waals surface area contributed by atoms with Gasteiger partial charge in [0, 0.05) is 0 Å². The largest absolute Gasteiger partial charge is 0.435 e. The number of hydrogen-bond acceptors (Lipinski definition) is 0. The molecule has 0 spiro atoms. The maximum absolute atomic E-state index is 12.8. The van der Waals surface area contributed by atoms with Crippen molar-refractivity contribution in [1.29, 1.82) is 0 Å². The Kier molecular flexibility index (Phi) is 8.11. The monoisotopic (exact) mass is 450 g/mol. The lowest BCUT2D eigenvalue weighted by atomic mass is 9.83. The Hall–Kier alpha value is -0.980. The Morgan fingerprint density at radius 2 is 0.786 bits per heavy atom. The SMILES string of the molecule is CCCC1CCCC1.FC(F)(F)C(F)(C(F)(F)F)C(F)(C(F)(F)F)C(F)(F)F. The van der Waals surface area contributed by atoms with Crippen molar-refractivity contribution in [3.8, 4) is 0 Å². The third-order valence-electron chi connectivity index (χ3n) is 4.21. The molecule has 1 aliphatic rings. The molecule has 0 N–H and O–H groups in total. The van der Waals surface area contributed by atoms with Gasteiger partial charge in [0.2, 0.25) is 0 Å². The number of halogens is 14. The van der Waals surface area contributed by atoms with Crippen LogP contribution in [0.5, 0.6) is 0 Å². The molecule has 1 aliphatic carbocycles. The molecule has 14 heteroatoms. The number of hydrogen-bond donors (Lipinski definition) is 0. The van der Waals surface area contributed by atoms with Crippen molar-refractivity contribution in [3.63, 3.8) is 0 Å². The molecular weight excluding hydrogens is 434 g/mol. The highest BCUT2D eigenvalue weighted by Gasteiger charge is 2.96. The molecule has 1 saturated carbocycles. The van der Waals surface area contributed by atoms with Gasteiger partial charge in [0.05, 0.1) is 0 Å². The number of alkyl halides is 14. The maximum Gasteiger partial charge on any atom is 0.435 e. The molecule has 0 amide bonds. The molecular formula is C14H16F14. The molecule has 1 rings (SSSR count). The first-order chi connectivity index (χ1) is 12.2. The second-order valence-electron chi connectivity index (χ2n) is 6.25. The third-order valence-corrected chi connectivity index (χ3v) is 4.21. The summed E-state index contributed by atoms with van der Waals surface area (Å²) in [4.78, 5) is 0. The molecule has 0 heterocycles. The molecule has 0 aromatic rings. The van der Waals surface area contributed by atoms with Gasteiger partial charge in [-0.2, -0.15) is 52.7 Å². The second kappa shape index (κ2) is 8.41. The molecule has 0 aliphatic heterocycles. The summed E-state index contributed by atoms with van der Waals surface area (Å²) in [6.07, 6.45) is -22.5. The van der Waals surface area contributed by atoms with Gasteiger partial charge in [-0.25, -0.2) is 8.78 Å². The molecule has 0 saturated heterocycles. The van der Waals surface area contributed by atoms with Crippen LogP contribution in [-0.2, 0) is 0 Å². The minimum atomic E-state index is -8.22. The van der Waals surface area contributed by atoms with Crippen molar-refractivity contribution in [1.82, 2.24) is 0 Å². The van der Waals surface area contributed by atoms with Gasteiger partial charge >= 0.3 is 36.0 Å². The predicted molar refractivity (Wildman–Crippen MR) is 68.8 cm³/mol. The normalized spacial score (nSPS) is 18.1. The van der Waals surface area contributed by atoms with E-state index >= 15 is 0 Å². The minimum absolute atomic E-state index is 1.11. The Morgan fingerprint density at radius 3 is 0.964 bits per heavy atom. The van der Waals surface area contributed by atoms with Gasteiger partial charge in [0.25, 0.3) is 0 Å². The molecule has 0 aromatic carbocycles. The molecule has 170 valence electrons. The third kappa shape index (κ3) is 4.95. The average Bonchev–Trinajstić information content (AvgIpc) is 2.94. The first-order valence-electron chi connectivity index (χ1n) is 7.83. The van der Waals surface area contributed by atoms with E-state index in [1.54, 1.807) is 0 Å². The fraction of sp³-hybridized carbons (Fsp3) is 1.00. The van der Waals surface area contributed by atoms with Crippen LogP contribution in [0.15, 0.2) is 0 Å². The van der Waals surface area contributed by atoms with Gasteiger partial charge in [-0.05, 0) is 5.92 Å². The van der Waals surface area contributed by atoms with Gasteiger partial charge in [-0.15, -0.1) is 0 Å². The summed E-state index contributed by atoms with van der Waals surface area (Å²) in [5.74, 6) is 1.11. The highest BCUT2D eigenvalue weighted by molar-refractivity contribution is 5.17. The van der Waals surface area contributed by atoms with E-state index in [4.69, 9.17) is 0 Å². The van der Waals surface area contributed by atoms with Crippen LogP contribution in [0.3, 0.4) is 0 Å². The van der Waals surface area contributed by atoms with Crippen LogP contribution in [0.1, 0.15) is 45.4 Å². The van der Waals surface area contributed by atoms with E-state index in [2.05, 4.69) is 6.92 Å². The fourth-order valence-electron chi connectivity index (χ4n) is 2.81. The molecule has 0 aromatic heterocycles. The van der Waals surface area contributed by atoms with Gasteiger partial charge in [-0.3, -0.25) is 0 Å². The van der Waals surface area contributed by atoms with E-state index in [0.717, 1.165) is 5.92 Å². The minimum Gasteiger partial charge on any atom is -0.219 e. The lowest BCUT2D eigenvalue weighted by molar-refractivity contribution is -0.461. The summed E-state index contributed by atoms with van der Waals surface area (Å²) in [5, 5.41) is 0. The Labute approximate surface area is 150 Å². The highest BCUT2D eigenvalue weighted by atomic mass is 19.4. The van der Waals surface area contributed by atoms with Crippen LogP contribution in [0.2, 0.25) is 0 Å². The van der Waals surface area contributed by atoms with Crippen molar-refractivity contribution in [2.75, 3.05) is 0 Å². The van der Waals surface area contributed by atoms with Crippen molar-refractivity contribution >= 4 is 0 Å². The Balaban J connectivity index is 0.000000749. The summed E-state index contributed by atoms with van der Waals surface area (Å²) in [7, 11) is 0. The summed E-state index contributed by atoms with van der Waals surface area (Å²) in [5.41, 5.74) is -16.4. The van der Waals surface area contributed by atoms with Crippen molar-refractivity contribution in [2.24, 2.45) is 5.92 Å². The van der Waals surface area contributed by atoms with Crippen LogP contribution < -0.4 is 0 Å². The molecule has 0 unspecified atom stereocenters. The molecule has 28 heavy (non-hydrogen) atoms. The molecule has 0 atom stereocenters. The fourth-order valence-corrected chi connectivity index (χ4v) is 2.81. The standard InChI is InChI=1S/C8H16.C6F14/c1-2-5-8-6-3-4-7-8;7-1(3(9,10)11,4(12,13)14)2(8,5(15,16)17)6(18,19)20/h8H,2-7H2,1H3;. The number of rotatable bonds is 3. The van der Waals surface area contributed by atoms with E-state index in [0.29, 0.717) is 0 Å². The van der Waals surface area contributed by atoms with Gasteiger partial charge < -0.3 is 0 Å². The first kappa shape index (κ1) is 27.0. The summed E-state index contributed by atoms with van der Waals surface area (Å²) in [6.45, 7) is 2.29. The van der Waals surface area contributed by atoms with Crippen molar-refractivity contribution < 1.29 is 61.5 Å². The van der Waals surface area contributed by atoms with Crippen molar-refractivity contribution in [3.05, 3.63) is 0 Å².